The van der Waals surface area contributed by atoms with E-state index in [9.17, 15) is 14.0 Å². The van der Waals surface area contributed by atoms with Gasteiger partial charge < -0.3 is 16.0 Å². The number of nitrogens with one attached hydrogen (secondary N) is 1. The smallest absolute Gasteiger partial charge is 0.258 e. The molecule has 0 saturated carbocycles. The zero-order valence-electron chi connectivity index (χ0n) is 11.0. The van der Waals surface area contributed by atoms with Crippen molar-refractivity contribution >= 4 is 11.8 Å². The molecule has 1 atom stereocenters. The maximum absolute atomic E-state index is 14.2. The van der Waals surface area contributed by atoms with Gasteiger partial charge in [-0.05, 0) is 18.4 Å². The number of halogens is 1. The number of carbonyl (C=O) groups is 2. The van der Waals surface area contributed by atoms with Crippen LogP contribution < -0.4 is 11.1 Å². The zero-order valence-corrected chi connectivity index (χ0v) is 11.0. The van der Waals surface area contributed by atoms with Crippen LogP contribution in [0.5, 0.6) is 0 Å². The number of hydrogen-bond acceptors (Lipinski definition) is 3. The van der Waals surface area contributed by atoms with Crippen molar-refractivity contribution in [1.29, 1.82) is 0 Å². The van der Waals surface area contributed by atoms with Gasteiger partial charge in [0.25, 0.3) is 5.91 Å². The Morgan fingerprint density at radius 3 is 2.90 bits per heavy atom. The molecule has 2 aliphatic rings. The van der Waals surface area contributed by atoms with E-state index in [4.69, 9.17) is 5.73 Å². The second-order valence-corrected chi connectivity index (χ2v) is 5.16. The molecule has 3 rings (SSSR count). The van der Waals surface area contributed by atoms with Crippen molar-refractivity contribution in [2.24, 2.45) is 5.73 Å². The van der Waals surface area contributed by atoms with E-state index in [-0.39, 0.29) is 24.6 Å². The number of rotatable bonds is 2. The quantitative estimate of drug-likeness (QED) is 0.827. The number of piperidine rings is 1. The van der Waals surface area contributed by atoms with E-state index in [0.29, 0.717) is 24.1 Å². The zero-order chi connectivity index (χ0) is 14.3. The molecule has 0 aromatic heterocycles. The summed E-state index contributed by atoms with van der Waals surface area (Å²) in [6.45, 7) is 0.973. The molecule has 1 aromatic rings. The summed E-state index contributed by atoms with van der Waals surface area (Å²) in [6.07, 6.45) is 1.45. The van der Waals surface area contributed by atoms with Crippen molar-refractivity contribution in [2.75, 3.05) is 6.54 Å². The monoisotopic (exact) mass is 277 g/mol. The van der Waals surface area contributed by atoms with Crippen molar-refractivity contribution in [2.45, 2.75) is 32.0 Å². The summed E-state index contributed by atoms with van der Waals surface area (Å²) >= 11 is 0. The third kappa shape index (κ3) is 1.87. The molecule has 2 aliphatic heterocycles. The van der Waals surface area contributed by atoms with Crippen molar-refractivity contribution in [3.63, 3.8) is 0 Å². The largest absolute Gasteiger partial charge is 0.354 e. The van der Waals surface area contributed by atoms with Crippen LogP contribution in [0.15, 0.2) is 12.1 Å². The van der Waals surface area contributed by atoms with Gasteiger partial charge in [-0.25, -0.2) is 4.39 Å². The summed E-state index contributed by atoms with van der Waals surface area (Å²) < 4.78 is 14.2. The Kier molecular flexibility index (Phi) is 3.17. The molecule has 106 valence electrons. The molecule has 2 amide bonds. The molecule has 3 N–H and O–H groups in total. The summed E-state index contributed by atoms with van der Waals surface area (Å²) in [7, 11) is 0. The molecule has 5 nitrogen and oxygen atoms in total. The maximum atomic E-state index is 14.2. The lowest BCUT2D eigenvalue weighted by atomic mass is 10.0. The average molecular weight is 277 g/mol. The number of hydrogen-bond donors (Lipinski definition) is 2. The highest BCUT2D eigenvalue weighted by molar-refractivity contribution is 6.01. The molecule has 0 spiro atoms. The predicted octanol–water partition coefficient (Wildman–Crippen LogP) is 0.519. The fraction of sp³-hybridized carbons (Fsp3) is 0.429. The molecule has 1 saturated heterocycles. The van der Waals surface area contributed by atoms with E-state index in [0.717, 1.165) is 6.42 Å². The highest BCUT2D eigenvalue weighted by Gasteiger charge is 2.39. The summed E-state index contributed by atoms with van der Waals surface area (Å²) in [6, 6.07) is 2.83. The average Bonchev–Trinajstić information content (AvgIpc) is 2.78. The number of fused-ring (bicyclic) bond motifs is 1. The predicted molar refractivity (Wildman–Crippen MR) is 70.2 cm³/mol. The fourth-order valence-corrected chi connectivity index (χ4v) is 2.88. The summed E-state index contributed by atoms with van der Waals surface area (Å²) in [5.74, 6) is -1.11. The molecule has 1 fully saturated rings. The standard InChI is InChI=1S/C14H16FN3O2/c15-12-8(6-16)3-4-9-7-18(14(20)11(9)12)10-2-1-5-17-13(10)19/h3-4,10H,1-2,5-7,16H2,(H,17,19). The lowest BCUT2D eigenvalue weighted by molar-refractivity contribution is -0.127. The van der Waals surface area contributed by atoms with Gasteiger partial charge in [-0.1, -0.05) is 12.1 Å². The lowest BCUT2D eigenvalue weighted by Crippen LogP contribution is -2.50. The number of carbonyl (C=O) groups excluding carboxylic acids is 2. The molecule has 0 bridgehead atoms. The van der Waals surface area contributed by atoms with E-state index in [1.54, 1.807) is 12.1 Å². The number of nitrogens with two attached hydrogens (primary N) is 1. The van der Waals surface area contributed by atoms with Gasteiger partial charge in [-0.2, -0.15) is 0 Å². The minimum atomic E-state index is -0.547. The molecule has 20 heavy (non-hydrogen) atoms. The van der Waals surface area contributed by atoms with Crippen LogP contribution in [0, 0.1) is 5.82 Å². The third-order valence-electron chi connectivity index (χ3n) is 3.98. The molecule has 0 radical (unpaired) electrons. The van der Waals surface area contributed by atoms with Gasteiger partial charge in [0, 0.05) is 25.2 Å². The van der Waals surface area contributed by atoms with Crippen LogP contribution in [-0.2, 0) is 17.9 Å². The van der Waals surface area contributed by atoms with Gasteiger partial charge in [-0.3, -0.25) is 9.59 Å². The Hall–Kier alpha value is -1.95. The SMILES string of the molecule is NCc1ccc2c(c1F)C(=O)N(C1CCCNC1=O)C2. The third-order valence-corrected chi connectivity index (χ3v) is 3.98. The van der Waals surface area contributed by atoms with E-state index in [1.807, 2.05) is 0 Å². The number of nitrogens with zero attached hydrogens (tertiary/aromatic N) is 1. The Bertz CT molecular complexity index is 588. The molecular formula is C14H16FN3O2. The summed E-state index contributed by atoms with van der Waals surface area (Å²) in [5, 5.41) is 2.75. The first kappa shape index (κ1) is 13.1. The van der Waals surface area contributed by atoms with Crippen molar-refractivity contribution in [3.8, 4) is 0 Å². The first-order valence-corrected chi connectivity index (χ1v) is 6.72. The van der Waals surface area contributed by atoms with Gasteiger partial charge in [-0.15, -0.1) is 0 Å². The topological polar surface area (TPSA) is 75.4 Å². The minimum absolute atomic E-state index is 0.0519. The molecule has 1 unspecified atom stereocenters. The summed E-state index contributed by atoms with van der Waals surface area (Å²) in [4.78, 5) is 25.7. The summed E-state index contributed by atoms with van der Waals surface area (Å²) in [5.41, 5.74) is 6.49. The van der Waals surface area contributed by atoms with Crippen molar-refractivity contribution < 1.29 is 14.0 Å². The van der Waals surface area contributed by atoms with E-state index in [2.05, 4.69) is 5.32 Å². The maximum Gasteiger partial charge on any atom is 0.258 e. The second kappa shape index (κ2) is 4.86. The van der Waals surface area contributed by atoms with E-state index >= 15 is 0 Å². The van der Waals surface area contributed by atoms with Crippen LogP contribution in [0.3, 0.4) is 0 Å². The second-order valence-electron chi connectivity index (χ2n) is 5.16. The normalized spacial score (nSPS) is 21.9. The Balaban J connectivity index is 1.94. The molecular weight excluding hydrogens is 261 g/mol. The Morgan fingerprint density at radius 1 is 1.40 bits per heavy atom. The van der Waals surface area contributed by atoms with Gasteiger partial charge in [0.2, 0.25) is 5.91 Å². The number of amides is 2. The lowest BCUT2D eigenvalue weighted by Gasteiger charge is -2.30. The molecule has 1 aromatic carbocycles. The van der Waals surface area contributed by atoms with Gasteiger partial charge in [0.05, 0.1) is 5.56 Å². The fourth-order valence-electron chi connectivity index (χ4n) is 2.88. The highest BCUT2D eigenvalue weighted by Crippen LogP contribution is 2.30. The van der Waals surface area contributed by atoms with Crippen molar-refractivity contribution in [1.82, 2.24) is 10.2 Å². The van der Waals surface area contributed by atoms with Crippen LogP contribution in [0.2, 0.25) is 0 Å². The minimum Gasteiger partial charge on any atom is -0.354 e. The highest BCUT2D eigenvalue weighted by atomic mass is 19.1. The molecule has 6 heteroatoms. The Labute approximate surface area is 115 Å². The van der Waals surface area contributed by atoms with Gasteiger partial charge >= 0.3 is 0 Å². The number of benzene rings is 1. The first-order valence-electron chi connectivity index (χ1n) is 6.72. The molecule has 0 aliphatic carbocycles. The van der Waals surface area contributed by atoms with Crippen LogP contribution in [-0.4, -0.2) is 29.3 Å². The molecule has 2 heterocycles. The van der Waals surface area contributed by atoms with Crippen LogP contribution in [0.1, 0.15) is 34.3 Å². The van der Waals surface area contributed by atoms with E-state index < -0.39 is 17.8 Å². The first-order chi connectivity index (χ1) is 9.63. The van der Waals surface area contributed by atoms with Crippen LogP contribution in [0.25, 0.3) is 0 Å². The van der Waals surface area contributed by atoms with Gasteiger partial charge in [0.15, 0.2) is 0 Å². The van der Waals surface area contributed by atoms with Gasteiger partial charge in [0.1, 0.15) is 11.9 Å². The Morgan fingerprint density at radius 2 is 2.20 bits per heavy atom. The van der Waals surface area contributed by atoms with Crippen molar-refractivity contribution in [3.05, 3.63) is 34.6 Å². The van der Waals surface area contributed by atoms with Crippen LogP contribution >= 0.6 is 0 Å². The van der Waals surface area contributed by atoms with E-state index in [1.165, 1.54) is 4.90 Å². The van der Waals surface area contributed by atoms with Crippen LogP contribution in [0.4, 0.5) is 4.39 Å².